The van der Waals surface area contributed by atoms with Crippen LogP contribution in [-0.2, 0) is 28.6 Å². The first kappa shape index (κ1) is 61.5. The number of ether oxygens (including phenoxy) is 3. The van der Waals surface area contributed by atoms with E-state index in [4.69, 9.17) is 14.2 Å². The molecule has 0 aliphatic rings. The van der Waals surface area contributed by atoms with Gasteiger partial charge in [-0.25, -0.2) is 0 Å². The Labute approximate surface area is 405 Å². The van der Waals surface area contributed by atoms with Crippen LogP contribution in [0.5, 0.6) is 0 Å². The lowest BCUT2D eigenvalue weighted by atomic mass is 10.1. The average Bonchev–Trinajstić information content (AvgIpc) is 3.31. The van der Waals surface area contributed by atoms with E-state index in [2.05, 4.69) is 81.5 Å². The summed E-state index contributed by atoms with van der Waals surface area (Å²) in [5.41, 5.74) is 0. The molecule has 0 heterocycles. The lowest BCUT2D eigenvalue weighted by Crippen LogP contribution is -2.30. The van der Waals surface area contributed by atoms with Crippen molar-refractivity contribution in [3.63, 3.8) is 0 Å². The predicted octanol–water partition coefficient (Wildman–Crippen LogP) is 17.5. The molecule has 0 aromatic carbocycles. The van der Waals surface area contributed by atoms with E-state index in [-0.39, 0.29) is 31.1 Å². The maximum absolute atomic E-state index is 12.8. The Morgan fingerprint density at radius 1 is 0.333 bits per heavy atom. The van der Waals surface area contributed by atoms with Crippen LogP contribution < -0.4 is 0 Å². The summed E-state index contributed by atoms with van der Waals surface area (Å²) >= 11 is 0. The Morgan fingerprint density at radius 3 is 1.17 bits per heavy atom. The third kappa shape index (κ3) is 50.5. The highest BCUT2D eigenvalue weighted by Gasteiger charge is 2.19. The standard InChI is InChI=1S/C60H94O6/c1-4-7-10-13-16-19-22-25-27-29-30-32-33-35-38-41-44-47-50-53-59(62)65-56-57(55-64-58(61)52-49-46-43-40-37-24-21-18-15-12-9-6-3)66-60(63)54-51-48-45-42-39-36-34-31-28-26-23-20-17-14-11-8-5-2/h7,9-10,12-13,16,18-19,21-22,25-30,32-33,35,37-38,40,57H,4-6,8,11,14-15,17,20,23-24,31,34,36,39,41-56H2,1-3H3/b10-7-,12-9-,16-13-,21-18-,22-19-,27-25-,28-26-,30-29+,33-32-,38-35-,40-37-. The van der Waals surface area contributed by atoms with Gasteiger partial charge in [0.1, 0.15) is 13.2 Å². The van der Waals surface area contributed by atoms with Crippen LogP contribution in [0.4, 0.5) is 0 Å². The van der Waals surface area contributed by atoms with Gasteiger partial charge in [0, 0.05) is 19.3 Å². The minimum atomic E-state index is -0.819. The molecule has 0 aromatic heterocycles. The van der Waals surface area contributed by atoms with Crippen molar-refractivity contribution in [2.75, 3.05) is 13.2 Å². The Bertz CT molecular complexity index is 1460. The highest BCUT2D eigenvalue weighted by Crippen LogP contribution is 2.13. The second-order valence-electron chi connectivity index (χ2n) is 16.8. The monoisotopic (exact) mass is 911 g/mol. The molecule has 0 saturated heterocycles. The van der Waals surface area contributed by atoms with E-state index in [1.54, 1.807) is 0 Å². The minimum Gasteiger partial charge on any atom is -0.462 e. The van der Waals surface area contributed by atoms with Gasteiger partial charge in [-0.1, -0.05) is 225 Å². The fourth-order valence-corrected chi connectivity index (χ4v) is 6.67. The summed E-state index contributed by atoms with van der Waals surface area (Å²) in [4.78, 5) is 38.0. The van der Waals surface area contributed by atoms with E-state index in [1.807, 2.05) is 72.9 Å². The summed E-state index contributed by atoms with van der Waals surface area (Å²) in [6.45, 7) is 6.27. The fourth-order valence-electron chi connectivity index (χ4n) is 6.67. The van der Waals surface area contributed by atoms with Gasteiger partial charge in [-0.15, -0.1) is 0 Å². The van der Waals surface area contributed by atoms with Gasteiger partial charge in [-0.05, 0) is 96.3 Å². The molecule has 1 atom stereocenters. The highest BCUT2D eigenvalue weighted by molar-refractivity contribution is 5.71. The van der Waals surface area contributed by atoms with Crippen molar-refractivity contribution in [3.8, 4) is 0 Å². The van der Waals surface area contributed by atoms with Crippen LogP contribution in [0.2, 0.25) is 0 Å². The zero-order valence-electron chi connectivity index (χ0n) is 42.1. The summed E-state index contributed by atoms with van der Waals surface area (Å²) in [7, 11) is 0. The molecule has 0 aliphatic carbocycles. The molecule has 0 amide bonds. The van der Waals surface area contributed by atoms with Gasteiger partial charge in [-0.2, -0.15) is 0 Å². The number of allylic oxidation sites excluding steroid dienone is 22. The molecule has 0 aliphatic heterocycles. The van der Waals surface area contributed by atoms with Gasteiger partial charge in [0.25, 0.3) is 0 Å². The van der Waals surface area contributed by atoms with Gasteiger partial charge in [-0.3, -0.25) is 14.4 Å². The molecule has 0 bridgehead atoms. The van der Waals surface area contributed by atoms with Crippen molar-refractivity contribution >= 4 is 17.9 Å². The first-order chi connectivity index (χ1) is 32.5. The lowest BCUT2D eigenvalue weighted by Gasteiger charge is -2.18. The molecule has 6 nitrogen and oxygen atoms in total. The van der Waals surface area contributed by atoms with Gasteiger partial charge < -0.3 is 14.2 Å². The topological polar surface area (TPSA) is 78.9 Å². The lowest BCUT2D eigenvalue weighted by molar-refractivity contribution is -0.167. The summed E-state index contributed by atoms with van der Waals surface area (Å²) in [5.74, 6) is -1.01. The van der Waals surface area contributed by atoms with E-state index in [0.717, 1.165) is 83.5 Å². The Hall–Kier alpha value is -4.45. The Balaban J connectivity index is 4.55. The maximum atomic E-state index is 12.8. The van der Waals surface area contributed by atoms with Crippen LogP contribution >= 0.6 is 0 Å². The van der Waals surface area contributed by atoms with Crippen LogP contribution in [0, 0.1) is 0 Å². The van der Waals surface area contributed by atoms with Crippen LogP contribution in [0.15, 0.2) is 134 Å². The first-order valence-electron chi connectivity index (χ1n) is 26.3. The van der Waals surface area contributed by atoms with E-state index in [1.165, 1.54) is 77.0 Å². The largest absolute Gasteiger partial charge is 0.462 e. The predicted molar refractivity (Wildman–Crippen MR) is 283 cm³/mol. The second-order valence-corrected chi connectivity index (χ2v) is 16.8. The molecular formula is C60H94O6. The molecule has 0 aromatic rings. The highest BCUT2D eigenvalue weighted by atomic mass is 16.6. The molecule has 0 N–H and O–H groups in total. The SMILES string of the molecule is CC\C=C/C=C\C=C/C=C\C=C\C=C/C=C\CCCCCC(=O)OCC(COC(=O)CCCC/C=C\C/C=C\C/C=C\CC)OC(=O)CCCCCCCCC/C=C\CCCCCCCC. The van der Waals surface area contributed by atoms with Crippen molar-refractivity contribution in [2.24, 2.45) is 0 Å². The van der Waals surface area contributed by atoms with Gasteiger partial charge in [0.2, 0.25) is 0 Å². The third-order valence-corrected chi connectivity index (χ3v) is 10.6. The number of esters is 3. The van der Waals surface area contributed by atoms with Gasteiger partial charge >= 0.3 is 17.9 Å². The number of carbonyl (C=O) groups is 3. The van der Waals surface area contributed by atoms with E-state index in [9.17, 15) is 14.4 Å². The number of hydrogen-bond acceptors (Lipinski definition) is 6. The van der Waals surface area contributed by atoms with Gasteiger partial charge in [0.15, 0.2) is 6.10 Å². The number of hydrogen-bond donors (Lipinski definition) is 0. The molecule has 370 valence electrons. The molecule has 0 fully saturated rings. The molecular weight excluding hydrogens is 817 g/mol. The van der Waals surface area contributed by atoms with Crippen molar-refractivity contribution < 1.29 is 28.6 Å². The molecule has 6 heteroatoms. The molecule has 1 unspecified atom stereocenters. The van der Waals surface area contributed by atoms with Crippen molar-refractivity contribution in [1.82, 2.24) is 0 Å². The molecule has 0 rings (SSSR count). The van der Waals surface area contributed by atoms with Crippen molar-refractivity contribution in [3.05, 3.63) is 134 Å². The minimum absolute atomic E-state index is 0.119. The zero-order chi connectivity index (χ0) is 47.9. The fraction of sp³-hybridized carbons (Fsp3) is 0.583. The van der Waals surface area contributed by atoms with Crippen molar-refractivity contribution in [1.29, 1.82) is 0 Å². The zero-order valence-corrected chi connectivity index (χ0v) is 42.1. The molecule has 0 radical (unpaired) electrons. The summed E-state index contributed by atoms with van der Waals surface area (Å²) in [6.07, 6.45) is 74.3. The normalized spacial score (nSPS) is 13.2. The molecule has 66 heavy (non-hydrogen) atoms. The Kier molecular flexibility index (Phi) is 49.6. The van der Waals surface area contributed by atoms with Crippen LogP contribution in [-0.4, -0.2) is 37.2 Å². The second kappa shape index (κ2) is 53.2. The van der Waals surface area contributed by atoms with Gasteiger partial charge in [0.05, 0.1) is 0 Å². The maximum Gasteiger partial charge on any atom is 0.306 e. The van der Waals surface area contributed by atoms with Crippen LogP contribution in [0.1, 0.15) is 207 Å². The quantitative estimate of drug-likeness (QED) is 0.0199. The van der Waals surface area contributed by atoms with E-state index in [0.29, 0.717) is 25.7 Å². The summed E-state index contributed by atoms with van der Waals surface area (Å²) in [6, 6.07) is 0. The summed E-state index contributed by atoms with van der Waals surface area (Å²) < 4.78 is 16.7. The first-order valence-corrected chi connectivity index (χ1v) is 26.3. The summed E-state index contributed by atoms with van der Waals surface area (Å²) in [5, 5.41) is 0. The number of unbranched alkanes of at least 4 members (excludes halogenated alkanes) is 18. The van der Waals surface area contributed by atoms with E-state index >= 15 is 0 Å². The number of rotatable bonds is 45. The smallest absolute Gasteiger partial charge is 0.306 e. The number of carbonyl (C=O) groups excluding carboxylic acids is 3. The van der Waals surface area contributed by atoms with Crippen LogP contribution in [0.3, 0.4) is 0 Å². The molecule has 0 spiro atoms. The Morgan fingerprint density at radius 2 is 0.667 bits per heavy atom. The third-order valence-electron chi connectivity index (χ3n) is 10.6. The van der Waals surface area contributed by atoms with E-state index < -0.39 is 6.10 Å². The van der Waals surface area contributed by atoms with Crippen molar-refractivity contribution in [2.45, 2.75) is 213 Å². The average molecular weight is 911 g/mol. The molecule has 0 saturated carbocycles. The van der Waals surface area contributed by atoms with Crippen LogP contribution in [0.25, 0.3) is 0 Å².